The van der Waals surface area contributed by atoms with Crippen LogP contribution in [0.4, 0.5) is 13.2 Å². The molecule has 0 atom stereocenters. The summed E-state index contributed by atoms with van der Waals surface area (Å²) < 4.78 is 68.3. The standard InChI is InChI=1S/C19H15F3N2O5S2/c1-29-16(25)10-24-14-8-7-13(31(2,27)28)9-15(14)30-18(24)23-17(26)11-3-5-12(6-4-11)19(20,21)22/h3-9H,10H2,1-2H3. The second-order valence-corrected chi connectivity index (χ2v) is 9.47. The fourth-order valence-electron chi connectivity index (χ4n) is 2.67. The maximum Gasteiger partial charge on any atom is 0.416 e. The van der Waals surface area contributed by atoms with Crippen LogP contribution in [0.1, 0.15) is 15.9 Å². The second kappa shape index (κ2) is 8.27. The average molecular weight is 472 g/mol. The van der Waals surface area contributed by atoms with Crippen molar-refractivity contribution in [2.45, 2.75) is 17.6 Å². The van der Waals surface area contributed by atoms with Crippen LogP contribution in [0, 0.1) is 0 Å². The van der Waals surface area contributed by atoms with Crippen molar-refractivity contribution in [3.8, 4) is 0 Å². The summed E-state index contributed by atoms with van der Waals surface area (Å²) >= 11 is 0.960. The zero-order chi connectivity index (χ0) is 23.0. The van der Waals surface area contributed by atoms with Crippen molar-refractivity contribution in [3.63, 3.8) is 0 Å². The van der Waals surface area contributed by atoms with E-state index in [1.54, 1.807) is 0 Å². The molecule has 12 heteroatoms. The first-order valence-corrected chi connectivity index (χ1v) is 11.3. The van der Waals surface area contributed by atoms with Gasteiger partial charge in [-0.3, -0.25) is 9.59 Å². The molecule has 3 aromatic rings. The lowest BCUT2D eigenvalue weighted by molar-refractivity contribution is -0.141. The monoisotopic (exact) mass is 472 g/mol. The van der Waals surface area contributed by atoms with Crippen molar-refractivity contribution in [2.75, 3.05) is 13.4 Å². The summed E-state index contributed by atoms with van der Waals surface area (Å²) in [4.78, 5) is 28.4. The topological polar surface area (TPSA) is 94.8 Å². The molecular formula is C19H15F3N2O5S2. The predicted octanol–water partition coefficient (Wildman–Crippen LogP) is 3.04. The molecule has 0 aliphatic heterocycles. The molecule has 1 aromatic heterocycles. The number of halogens is 3. The molecule has 0 saturated heterocycles. The Morgan fingerprint density at radius 3 is 2.32 bits per heavy atom. The molecule has 0 radical (unpaired) electrons. The molecule has 164 valence electrons. The minimum Gasteiger partial charge on any atom is -0.468 e. The Bertz CT molecular complexity index is 1340. The van der Waals surface area contributed by atoms with E-state index in [0.29, 0.717) is 10.2 Å². The van der Waals surface area contributed by atoms with E-state index in [-0.39, 0.29) is 21.8 Å². The Hall–Kier alpha value is -2.99. The summed E-state index contributed by atoms with van der Waals surface area (Å²) in [6, 6.07) is 7.79. The van der Waals surface area contributed by atoms with E-state index in [1.165, 1.54) is 29.9 Å². The molecule has 0 saturated carbocycles. The van der Waals surface area contributed by atoms with E-state index >= 15 is 0 Å². The average Bonchev–Trinajstić information content (AvgIpc) is 3.02. The molecule has 7 nitrogen and oxygen atoms in total. The number of esters is 1. The Balaban J connectivity index is 2.12. The third-order valence-electron chi connectivity index (χ3n) is 4.25. The third-order valence-corrected chi connectivity index (χ3v) is 6.41. The van der Waals surface area contributed by atoms with E-state index in [2.05, 4.69) is 9.73 Å². The number of rotatable bonds is 4. The number of sulfone groups is 1. The van der Waals surface area contributed by atoms with Crippen molar-refractivity contribution >= 4 is 43.3 Å². The number of carbonyl (C=O) groups is 2. The molecule has 0 bridgehead atoms. The summed E-state index contributed by atoms with van der Waals surface area (Å²) in [6.07, 6.45) is -3.49. The van der Waals surface area contributed by atoms with Gasteiger partial charge in [0.2, 0.25) is 0 Å². The molecule has 0 unspecified atom stereocenters. The van der Waals surface area contributed by atoms with Crippen LogP contribution in [-0.4, -0.2) is 38.2 Å². The lowest BCUT2D eigenvalue weighted by atomic mass is 10.1. The Labute approximate surface area is 178 Å². The molecule has 2 aromatic carbocycles. The highest BCUT2D eigenvalue weighted by molar-refractivity contribution is 7.90. The number of hydrogen-bond donors (Lipinski definition) is 0. The first-order chi connectivity index (χ1) is 14.4. The Kier molecular flexibility index (Phi) is 6.05. The molecule has 1 amide bonds. The van der Waals surface area contributed by atoms with Crippen LogP contribution in [0.25, 0.3) is 10.2 Å². The van der Waals surface area contributed by atoms with Crippen LogP contribution in [-0.2, 0) is 32.1 Å². The number of benzene rings is 2. The maximum atomic E-state index is 12.7. The number of nitrogens with zero attached hydrogens (tertiary/aromatic N) is 2. The van der Waals surface area contributed by atoms with Gasteiger partial charge < -0.3 is 9.30 Å². The smallest absolute Gasteiger partial charge is 0.416 e. The van der Waals surface area contributed by atoms with Gasteiger partial charge in [-0.25, -0.2) is 8.42 Å². The first-order valence-electron chi connectivity index (χ1n) is 8.57. The van der Waals surface area contributed by atoms with Gasteiger partial charge in [-0.2, -0.15) is 18.2 Å². The quantitative estimate of drug-likeness (QED) is 0.544. The van der Waals surface area contributed by atoms with E-state index in [4.69, 9.17) is 0 Å². The third kappa shape index (κ3) is 5.02. The van der Waals surface area contributed by atoms with Gasteiger partial charge in [0.15, 0.2) is 14.6 Å². The normalized spacial score (nSPS) is 12.9. The number of amides is 1. The minimum atomic E-state index is -4.54. The van der Waals surface area contributed by atoms with Gasteiger partial charge in [-0.05, 0) is 42.5 Å². The molecule has 31 heavy (non-hydrogen) atoms. The van der Waals surface area contributed by atoms with Crippen LogP contribution >= 0.6 is 11.3 Å². The number of fused-ring (bicyclic) bond motifs is 1. The zero-order valence-electron chi connectivity index (χ0n) is 16.1. The van der Waals surface area contributed by atoms with Crippen molar-refractivity contribution in [1.82, 2.24) is 4.57 Å². The van der Waals surface area contributed by atoms with Crippen LogP contribution in [0.3, 0.4) is 0 Å². The highest BCUT2D eigenvalue weighted by Gasteiger charge is 2.30. The molecule has 0 N–H and O–H groups in total. The number of methoxy groups -OCH3 is 1. The van der Waals surface area contributed by atoms with Gasteiger partial charge in [0.1, 0.15) is 6.54 Å². The largest absolute Gasteiger partial charge is 0.468 e. The number of hydrogen-bond acceptors (Lipinski definition) is 6. The van der Waals surface area contributed by atoms with Crippen LogP contribution in [0.2, 0.25) is 0 Å². The highest BCUT2D eigenvalue weighted by atomic mass is 32.2. The summed E-state index contributed by atoms with van der Waals surface area (Å²) in [7, 11) is -2.31. The molecule has 3 rings (SSSR count). The summed E-state index contributed by atoms with van der Waals surface area (Å²) in [5.41, 5.74) is -0.534. The number of thiazole rings is 1. The predicted molar refractivity (Wildman–Crippen MR) is 106 cm³/mol. The van der Waals surface area contributed by atoms with Gasteiger partial charge in [0.05, 0.1) is 27.8 Å². The molecule has 0 aliphatic carbocycles. The second-order valence-electron chi connectivity index (χ2n) is 6.44. The van der Waals surface area contributed by atoms with Gasteiger partial charge >= 0.3 is 12.1 Å². The van der Waals surface area contributed by atoms with E-state index < -0.39 is 33.5 Å². The molecule has 0 spiro atoms. The first kappa shape index (κ1) is 22.7. The fraction of sp³-hybridized carbons (Fsp3) is 0.211. The fourth-order valence-corrected chi connectivity index (χ4v) is 4.46. The van der Waals surface area contributed by atoms with Crippen molar-refractivity contribution in [3.05, 3.63) is 58.4 Å². The van der Waals surface area contributed by atoms with Gasteiger partial charge in [0.25, 0.3) is 5.91 Å². The summed E-state index contributed by atoms with van der Waals surface area (Å²) in [5.74, 6) is -1.45. The minimum absolute atomic E-state index is 0.0482. The van der Waals surface area contributed by atoms with Crippen molar-refractivity contribution < 1.29 is 35.9 Å². The molecule has 1 heterocycles. The SMILES string of the molecule is COC(=O)Cn1c(=NC(=O)c2ccc(C(F)(F)F)cc2)sc2cc(S(C)(=O)=O)ccc21. The molecular weight excluding hydrogens is 457 g/mol. The zero-order valence-corrected chi connectivity index (χ0v) is 17.8. The van der Waals surface area contributed by atoms with Crippen LogP contribution < -0.4 is 4.80 Å². The van der Waals surface area contributed by atoms with Crippen molar-refractivity contribution in [2.24, 2.45) is 4.99 Å². The van der Waals surface area contributed by atoms with E-state index in [9.17, 15) is 31.2 Å². The molecule has 0 fully saturated rings. The number of aromatic nitrogens is 1. The Morgan fingerprint density at radius 2 is 1.77 bits per heavy atom. The number of carbonyl (C=O) groups excluding carboxylic acids is 2. The number of alkyl halides is 3. The van der Waals surface area contributed by atoms with Crippen LogP contribution in [0.5, 0.6) is 0 Å². The lowest BCUT2D eigenvalue weighted by Gasteiger charge is -2.06. The summed E-state index contributed by atoms with van der Waals surface area (Å²) in [6.45, 7) is -0.298. The van der Waals surface area contributed by atoms with Gasteiger partial charge in [-0.1, -0.05) is 11.3 Å². The van der Waals surface area contributed by atoms with E-state index in [1.807, 2.05) is 0 Å². The lowest BCUT2D eigenvalue weighted by Crippen LogP contribution is -2.22. The summed E-state index contributed by atoms with van der Waals surface area (Å²) in [5, 5.41) is 0. The van der Waals surface area contributed by atoms with Gasteiger partial charge in [0, 0.05) is 11.8 Å². The Morgan fingerprint density at radius 1 is 1.13 bits per heavy atom. The van der Waals surface area contributed by atoms with Gasteiger partial charge in [-0.15, -0.1) is 0 Å². The van der Waals surface area contributed by atoms with E-state index in [0.717, 1.165) is 41.9 Å². The molecule has 0 aliphatic rings. The number of ether oxygens (including phenoxy) is 1. The van der Waals surface area contributed by atoms with Crippen molar-refractivity contribution in [1.29, 1.82) is 0 Å². The van der Waals surface area contributed by atoms with Crippen LogP contribution in [0.15, 0.2) is 52.4 Å². The highest BCUT2D eigenvalue weighted by Crippen LogP contribution is 2.29. The maximum absolute atomic E-state index is 12.7.